The van der Waals surface area contributed by atoms with Gasteiger partial charge in [-0.1, -0.05) is 36.4 Å². The Kier molecular flexibility index (Phi) is 6.75. The van der Waals surface area contributed by atoms with Crippen molar-refractivity contribution in [1.82, 2.24) is 5.32 Å². The van der Waals surface area contributed by atoms with E-state index in [-0.39, 0.29) is 5.97 Å². The molecule has 0 unspecified atom stereocenters. The molecule has 24 heavy (non-hydrogen) atoms. The number of ether oxygens (including phenoxy) is 1. The second-order valence-electron chi connectivity index (χ2n) is 5.32. The summed E-state index contributed by atoms with van der Waals surface area (Å²) in [6.45, 7) is 4.77. The fourth-order valence-electron chi connectivity index (χ4n) is 2.33. The molecule has 4 nitrogen and oxygen atoms in total. The summed E-state index contributed by atoms with van der Waals surface area (Å²) in [6.07, 6.45) is 0.893. The van der Waals surface area contributed by atoms with E-state index in [2.05, 4.69) is 22.8 Å². The van der Waals surface area contributed by atoms with Crippen LogP contribution in [0.4, 0.5) is 5.69 Å². The summed E-state index contributed by atoms with van der Waals surface area (Å²) in [4.78, 5) is 11.9. The van der Waals surface area contributed by atoms with Crippen LogP contribution >= 0.6 is 12.2 Å². The van der Waals surface area contributed by atoms with Crippen molar-refractivity contribution in [3.63, 3.8) is 0 Å². The first-order chi connectivity index (χ1) is 11.6. The Morgan fingerprint density at radius 1 is 1.12 bits per heavy atom. The van der Waals surface area contributed by atoms with E-state index in [9.17, 15) is 4.79 Å². The monoisotopic (exact) mass is 342 g/mol. The second kappa shape index (κ2) is 9.03. The summed E-state index contributed by atoms with van der Waals surface area (Å²) in [6, 6.07) is 15.7. The number of thiocarbonyl (C=S) groups is 1. The number of nitrogens with one attached hydrogen (secondary N) is 2. The molecule has 2 rings (SSSR count). The van der Waals surface area contributed by atoms with Gasteiger partial charge in [0.05, 0.1) is 12.2 Å². The number of hydrogen-bond donors (Lipinski definition) is 2. The fourth-order valence-corrected chi connectivity index (χ4v) is 2.54. The van der Waals surface area contributed by atoms with Crippen molar-refractivity contribution in [1.29, 1.82) is 0 Å². The van der Waals surface area contributed by atoms with Crippen LogP contribution in [0.3, 0.4) is 0 Å². The third kappa shape index (κ3) is 5.06. The number of benzene rings is 2. The van der Waals surface area contributed by atoms with Gasteiger partial charge in [-0.25, -0.2) is 4.79 Å². The molecule has 0 aliphatic rings. The summed E-state index contributed by atoms with van der Waals surface area (Å²) in [5.41, 5.74) is 3.43. The van der Waals surface area contributed by atoms with E-state index < -0.39 is 0 Å². The van der Waals surface area contributed by atoms with Gasteiger partial charge in [0.2, 0.25) is 0 Å². The van der Waals surface area contributed by atoms with Crippen LogP contribution in [0, 0.1) is 6.92 Å². The number of anilines is 1. The zero-order valence-electron chi connectivity index (χ0n) is 14.0. The molecule has 5 heteroatoms. The average Bonchev–Trinajstić information content (AvgIpc) is 2.58. The van der Waals surface area contributed by atoms with Gasteiger partial charge in [-0.05, 0) is 55.7 Å². The van der Waals surface area contributed by atoms with Crippen LogP contribution in [-0.4, -0.2) is 24.2 Å². The van der Waals surface area contributed by atoms with Gasteiger partial charge in [0.25, 0.3) is 0 Å². The highest BCUT2D eigenvalue weighted by molar-refractivity contribution is 7.80. The van der Waals surface area contributed by atoms with E-state index in [1.165, 1.54) is 5.56 Å². The predicted molar refractivity (Wildman–Crippen MR) is 102 cm³/mol. The smallest absolute Gasteiger partial charge is 0.338 e. The van der Waals surface area contributed by atoms with Crippen molar-refractivity contribution in [3.05, 3.63) is 65.2 Å². The Labute approximate surface area is 148 Å². The van der Waals surface area contributed by atoms with Crippen molar-refractivity contribution in [2.45, 2.75) is 20.3 Å². The summed E-state index contributed by atoms with van der Waals surface area (Å²) < 4.78 is 5.07. The minimum Gasteiger partial charge on any atom is -0.462 e. The van der Waals surface area contributed by atoms with Crippen LogP contribution in [0.5, 0.6) is 0 Å². The van der Waals surface area contributed by atoms with Gasteiger partial charge in [0.1, 0.15) is 0 Å². The van der Waals surface area contributed by atoms with Crippen molar-refractivity contribution in [2.75, 3.05) is 18.5 Å². The van der Waals surface area contributed by atoms with Gasteiger partial charge in [-0.15, -0.1) is 0 Å². The van der Waals surface area contributed by atoms with Crippen molar-refractivity contribution < 1.29 is 9.53 Å². The Morgan fingerprint density at radius 3 is 2.58 bits per heavy atom. The SMILES string of the molecule is CCOC(=O)c1cccc(NC(=S)NCCc2ccccc2)c1C. The Balaban J connectivity index is 1.91. The normalized spacial score (nSPS) is 10.1. The van der Waals surface area contributed by atoms with Crippen molar-refractivity contribution in [2.24, 2.45) is 0 Å². The Bertz CT molecular complexity index is 702. The molecule has 0 spiro atoms. The molecule has 0 heterocycles. The van der Waals surface area contributed by atoms with Crippen LogP contribution < -0.4 is 10.6 Å². The Hall–Kier alpha value is -2.40. The number of rotatable bonds is 6. The van der Waals surface area contributed by atoms with Crippen LogP contribution in [-0.2, 0) is 11.2 Å². The first-order valence-electron chi connectivity index (χ1n) is 7.97. The molecule has 0 atom stereocenters. The zero-order valence-corrected chi connectivity index (χ0v) is 14.8. The van der Waals surface area contributed by atoms with Gasteiger partial charge in [0, 0.05) is 12.2 Å². The van der Waals surface area contributed by atoms with Gasteiger partial charge >= 0.3 is 5.97 Å². The minimum absolute atomic E-state index is 0.318. The van der Waals surface area contributed by atoms with E-state index in [0.29, 0.717) is 17.3 Å². The first-order valence-corrected chi connectivity index (χ1v) is 8.38. The molecule has 0 radical (unpaired) electrons. The maximum absolute atomic E-state index is 11.9. The molecule has 0 saturated heterocycles. The first kappa shape index (κ1) is 17.9. The lowest BCUT2D eigenvalue weighted by Crippen LogP contribution is -2.30. The summed E-state index contributed by atoms with van der Waals surface area (Å²) in [5.74, 6) is -0.318. The molecule has 0 aliphatic heterocycles. The minimum atomic E-state index is -0.318. The molecule has 126 valence electrons. The van der Waals surface area contributed by atoms with Crippen molar-refractivity contribution >= 4 is 29.0 Å². The average molecular weight is 342 g/mol. The molecular formula is C19H22N2O2S. The number of hydrogen-bond acceptors (Lipinski definition) is 3. The molecular weight excluding hydrogens is 320 g/mol. The van der Waals surface area contributed by atoms with Crippen molar-refractivity contribution in [3.8, 4) is 0 Å². The zero-order chi connectivity index (χ0) is 17.4. The molecule has 0 fully saturated rings. The number of esters is 1. The summed E-state index contributed by atoms with van der Waals surface area (Å²) in [5, 5.41) is 6.87. The molecule has 0 saturated carbocycles. The van der Waals surface area contributed by atoms with Crippen LogP contribution in [0.15, 0.2) is 48.5 Å². The van der Waals surface area contributed by atoms with E-state index in [0.717, 1.165) is 24.2 Å². The molecule has 2 N–H and O–H groups in total. The Morgan fingerprint density at radius 2 is 1.88 bits per heavy atom. The van der Waals surface area contributed by atoms with Gasteiger partial charge in [-0.3, -0.25) is 0 Å². The third-order valence-electron chi connectivity index (χ3n) is 3.62. The van der Waals surface area contributed by atoms with E-state index in [1.807, 2.05) is 37.3 Å². The van der Waals surface area contributed by atoms with Gasteiger partial charge in [0.15, 0.2) is 5.11 Å². The lowest BCUT2D eigenvalue weighted by Gasteiger charge is -2.14. The lowest BCUT2D eigenvalue weighted by atomic mass is 10.1. The standard InChI is InChI=1S/C19H22N2O2S/c1-3-23-18(22)16-10-7-11-17(14(16)2)21-19(24)20-13-12-15-8-5-4-6-9-15/h4-11H,3,12-13H2,1-2H3,(H2,20,21,24). The topological polar surface area (TPSA) is 50.4 Å². The number of carbonyl (C=O) groups excluding carboxylic acids is 1. The molecule has 2 aromatic carbocycles. The quantitative estimate of drug-likeness (QED) is 0.619. The lowest BCUT2D eigenvalue weighted by molar-refractivity contribution is 0.0525. The predicted octanol–water partition coefficient (Wildman–Crippen LogP) is 3.70. The highest BCUT2D eigenvalue weighted by atomic mass is 32.1. The fraction of sp³-hybridized carbons (Fsp3) is 0.263. The largest absolute Gasteiger partial charge is 0.462 e. The molecule has 0 bridgehead atoms. The van der Waals surface area contributed by atoms with E-state index in [4.69, 9.17) is 17.0 Å². The summed E-state index contributed by atoms with van der Waals surface area (Å²) >= 11 is 5.33. The van der Waals surface area contributed by atoms with Gasteiger partial charge < -0.3 is 15.4 Å². The molecule has 2 aromatic rings. The third-order valence-corrected chi connectivity index (χ3v) is 3.87. The highest BCUT2D eigenvalue weighted by Crippen LogP contribution is 2.19. The molecule has 0 aliphatic carbocycles. The molecule has 0 amide bonds. The van der Waals surface area contributed by atoms with Gasteiger partial charge in [-0.2, -0.15) is 0 Å². The van der Waals surface area contributed by atoms with E-state index >= 15 is 0 Å². The van der Waals surface area contributed by atoms with E-state index in [1.54, 1.807) is 13.0 Å². The second-order valence-corrected chi connectivity index (χ2v) is 5.72. The van der Waals surface area contributed by atoms with Crippen LogP contribution in [0.1, 0.15) is 28.4 Å². The van der Waals surface area contributed by atoms with Crippen LogP contribution in [0.2, 0.25) is 0 Å². The maximum Gasteiger partial charge on any atom is 0.338 e. The highest BCUT2D eigenvalue weighted by Gasteiger charge is 2.12. The number of carbonyl (C=O) groups is 1. The van der Waals surface area contributed by atoms with Crippen LogP contribution in [0.25, 0.3) is 0 Å². The summed E-state index contributed by atoms with van der Waals surface area (Å²) in [7, 11) is 0. The maximum atomic E-state index is 11.9. The molecule has 0 aromatic heterocycles.